The first-order chi connectivity index (χ1) is 13.0. The van der Waals surface area contributed by atoms with Gasteiger partial charge in [-0.2, -0.15) is 0 Å². The number of benzene rings is 1. The number of aromatic nitrogens is 2. The molecule has 3 heterocycles. The number of hydrogen-bond acceptors (Lipinski definition) is 5. The number of thiophene rings is 1. The molecule has 0 fully saturated rings. The topological polar surface area (TPSA) is 89.9 Å². The summed E-state index contributed by atoms with van der Waals surface area (Å²) in [5.74, 6) is -0.624. The van der Waals surface area contributed by atoms with E-state index < -0.39 is 5.97 Å². The van der Waals surface area contributed by atoms with E-state index in [1.165, 1.54) is 11.3 Å². The molecule has 0 amide bonds. The van der Waals surface area contributed by atoms with Gasteiger partial charge in [0.25, 0.3) is 0 Å². The smallest absolute Gasteiger partial charge is 0.349 e. The van der Waals surface area contributed by atoms with E-state index in [0.29, 0.717) is 11.4 Å². The van der Waals surface area contributed by atoms with Crippen molar-refractivity contribution in [2.24, 2.45) is 0 Å². The molecule has 1 aromatic carbocycles. The number of carboxylic acid groups (broad SMARTS) is 1. The molecule has 0 spiro atoms. The highest BCUT2D eigenvalue weighted by Crippen LogP contribution is 2.41. The third-order valence-corrected chi connectivity index (χ3v) is 5.55. The van der Waals surface area contributed by atoms with Crippen LogP contribution < -0.4 is 10.5 Å². The SMILES string of the molecule is Cc1c(-c2cnc3ccccn23)sc(C(=O)O)c1OCc1cccc(N)c1. The largest absolute Gasteiger partial charge is 0.487 e. The van der Waals surface area contributed by atoms with E-state index >= 15 is 0 Å². The Kier molecular flexibility index (Phi) is 4.29. The van der Waals surface area contributed by atoms with Gasteiger partial charge in [0, 0.05) is 17.4 Å². The number of nitrogen functional groups attached to an aromatic ring is 1. The Hall–Kier alpha value is -3.32. The second kappa shape index (κ2) is 6.77. The molecular formula is C20H17N3O3S. The summed E-state index contributed by atoms with van der Waals surface area (Å²) in [7, 11) is 0. The number of hydrogen-bond donors (Lipinski definition) is 2. The van der Waals surface area contributed by atoms with Crippen LogP contribution in [0.25, 0.3) is 16.2 Å². The molecule has 4 aromatic rings. The summed E-state index contributed by atoms with van der Waals surface area (Å²) in [4.78, 5) is 17.2. The highest BCUT2D eigenvalue weighted by Gasteiger charge is 2.24. The second-order valence-electron chi connectivity index (χ2n) is 6.13. The molecule has 0 atom stereocenters. The zero-order chi connectivity index (χ0) is 19.0. The Balaban J connectivity index is 1.75. The number of anilines is 1. The van der Waals surface area contributed by atoms with Crippen molar-refractivity contribution in [1.82, 2.24) is 9.38 Å². The fraction of sp³-hybridized carbons (Fsp3) is 0.100. The van der Waals surface area contributed by atoms with Crippen LogP contribution in [-0.4, -0.2) is 20.5 Å². The third kappa shape index (κ3) is 3.13. The highest BCUT2D eigenvalue weighted by atomic mass is 32.1. The minimum absolute atomic E-state index is 0.178. The second-order valence-corrected chi connectivity index (χ2v) is 7.15. The number of aromatic carboxylic acids is 1. The number of ether oxygens (including phenoxy) is 1. The van der Waals surface area contributed by atoms with Gasteiger partial charge >= 0.3 is 5.97 Å². The molecule has 0 unspecified atom stereocenters. The van der Waals surface area contributed by atoms with Gasteiger partial charge in [-0.3, -0.25) is 4.40 Å². The molecule has 27 heavy (non-hydrogen) atoms. The highest BCUT2D eigenvalue weighted by molar-refractivity contribution is 7.17. The van der Waals surface area contributed by atoms with Gasteiger partial charge < -0.3 is 15.6 Å². The van der Waals surface area contributed by atoms with E-state index in [1.54, 1.807) is 12.3 Å². The number of nitrogens with two attached hydrogens (primary N) is 1. The van der Waals surface area contributed by atoms with Crippen molar-refractivity contribution in [3.05, 3.63) is 70.9 Å². The molecule has 3 aromatic heterocycles. The molecule has 3 N–H and O–H groups in total. The van der Waals surface area contributed by atoms with E-state index in [2.05, 4.69) is 4.98 Å². The molecule has 0 radical (unpaired) electrons. The van der Waals surface area contributed by atoms with Gasteiger partial charge in [0.2, 0.25) is 0 Å². The maximum atomic E-state index is 11.8. The number of rotatable bonds is 5. The standard InChI is InChI=1S/C20H17N3O3S/c1-12-17(26-11-13-5-4-6-14(21)9-13)19(20(24)25)27-18(12)15-10-22-16-7-2-3-8-23(15)16/h2-10H,11,21H2,1H3,(H,24,25). The van der Waals surface area contributed by atoms with E-state index in [9.17, 15) is 9.90 Å². The van der Waals surface area contributed by atoms with Crippen LogP contribution in [0.5, 0.6) is 5.75 Å². The van der Waals surface area contributed by atoms with Crippen molar-refractivity contribution in [2.75, 3.05) is 5.73 Å². The lowest BCUT2D eigenvalue weighted by molar-refractivity contribution is 0.0697. The van der Waals surface area contributed by atoms with Gasteiger partial charge in [-0.15, -0.1) is 11.3 Å². The van der Waals surface area contributed by atoms with Crippen molar-refractivity contribution in [3.63, 3.8) is 0 Å². The third-order valence-electron chi connectivity index (χ3n) is 4.27. The average Bonchev–Trinajstić information content (AvgIpc) is 3.21. The zero-order valence-corrected chi connectivity index (χ0v) is 15.4. The van der Waals surface area contributed by atoms with E-state index in [-0.39, 0.29) is 11.5 Å². The lowest BCUT2D eigenvalue weighted by Gasteiger charge is -2.08. The van der Waals surface area contributed by atoms with Gasteiger partial charge in [0.1, 0.15) is 18.0 Å². The van der Waals surface area contributed by atoms with Gasteiger partial charge in [0.05, 0.1) is 16.8 Å². The van der Waals surface area contributed by atoms with Crippen LogP contribution in [0.1, 0.15) is 20.8 Å². The number of imidazole rings is 1. The molecule has 0 saturated carbocycles. The van der Waals surface area contributed by atoms with Crippen molar-refractivity contribution in [2.45, 2.75) is 13.5 Å². The fourth-order valence-electron chi connectivity index (χ4n) is 3.00. The first-order valence-electron chi connectivity index (χ1n) is 8.31. The van der Waals surface area contributed by atoms with Gasteiger partial charge in [-0.1, -0.05) is 18.2 Å². The quantitative estimate of drug-likeness (QED) is 0.507. The number of carboxylic acids is 1. The fourth-order valence-corrected chi connectivity index (χ4v) is 4.09. The Morgan fingerprint density at radius 3 is 2.93 bits per heavy atom. The predicted molar refractivity (Wildman–Crippen MR) is 105 cm³/mol. The molecule has 0 saturated heterocycles. The lowest BCUT2D eigenvalue weighted by Crippen LogP contribution is -2.01. The summed E-state index contributed by atoms with van der Waals surface area (Å²) in [6.07, 6.45) is 3.66. The van der Waals surface area contributed by atoms with E-state index in [0.717, 1.165) is 27.3 Å². The maximum Gasteiger partial charge on any atom is 0.349 e. The molecule has 0 aliphatic heterocycles. The summed E-state index contributed by atoms with van der Waals surface area (Å²) in [6.45, 7) is 2.12. The molecule has 0 bridgehead atoms. The van der Waals surface area contributed by atoms with Crippen LogP contribution >= 0.6 is 11.3 Å². The molecule has 0 aliphatic rings. The van der Waals surface area contributed by atoms with Gasteiger partial charge in [0.15, 0.2) is 4.88 Å². The Morgan fingerprint density at radius 1 is 1.30 bits per heavy atom. The summed E-state index contributed by atoms with van der Waals surface area (Å²) >= 11 is 1.20. The van der Waals surface area contributed by atoms with E-state index in [4.69, 9.17) is 10.5 Å². The number of fused-ring (bicyclic) bond motifs is 1. The molecular weight excluding hydrogens is 362 g/mol. The summed E-state index contributed by atoms with van der Waals surface area (Å²) in [5.41, 5.74) is 9.76. The average molecular weight is 379 g/mol. The normalized spacial score (nSPS) is 11.0. The summed E-state index contributed by atoms with van der Waals surface area (Å²) < 4.78 is 7.84. The minimum atomic E-state index is -1.01. The molecule has 6 nitrogen and oxygen atoms in total. The molecule has 7 heteroatoms. The van der Waals surface area contributed by atoms with Crippen LogP contribution in [0.4, 0.5) is 5.69 Å². The predicted octanol–water partition coefficient (Wildman–Crippen LogP) is 4.23. The number of carbonyl (C=O) groups is 1. The molecule has 4 rings (SSSR count). The summed E-state index contributed by atoms with van der Waals surface area (Å²) in [6, 6.07) is 13.1. The van der Waals surface area contributed by atoms with Crippen molar-refractivity contribution in [3.8, 4) is 16.3 Å². The first kappa shape index (κ1) is 17.1. The van der Waals surface area contributed by atoms with Crippen LogP contribution in [0, 0.1) is 6.92 Å². The van der Waals surface area contributed by atoms with Crippen LogP contribution in [0.3, 0.4) is 0 Å². The zero-order valence-electron chi connectivity index (χ0n) is 14.5. The van der Waals surface area contributed by atoms with Gasteiger partial charge in [-0.25, -0.2) is 9.78 Å². The Labute approximate surface area is 159 Å². The van der Waals surface area contributed by atoms with Crippen LogP contribution in [-0.2, 0) is 6.61 Å². The van der Waals surface area contributed by atoms with E-state index in [1.807, 2.05) is 53.9 Å². The summed E-state index contributed by atoms with van der Waals surface area (Å²) in [5, 5.41) is 9.64. The van der Waals surface area contributed by atoms with Gasteiger partial charge in [-0.05, 0) is 36.8 Å². The monoisotopic (exact) mass is 379 g/mol. The van der Waals surface area contributed by atoms with Crippen molar-refractivity contribution >= 4 is 28.6 Å². The molecule has 136 valence electrons. The minimum Gasteiger partial charge on any atom is -0.487 e. The van der Waals surface area contributed by atoms with Crippen molar-refractivity contribution in [1.29, 1.82) is 0 Å². The maximum absolute atomic E-state index is 11.8. The van der Waals surface area contributed by atoms with Crippen LogP contribution in [0.2, 0.25) is 0 Å². The van der Waals surface area contributed by atoms with Crippen molar-refractivity contribution < 1.29 is 14.6 Å². The van der Waals surface area contributed by atoms with Crippen LogP contribution in [0.15, 0.2) is 54.9 Å². The Bertz CT molecular complexity index is 1150. The molecule has 0 aliphatic carbocycles. The number of nitrogens with zero attached hydrogens (tertiary/aromatic N) is 2. The number of pyridine rings is 1. The lowest BCUT2D eigenvalue weighted by atomic mass is 10.2. The first-order valence-corrected chi connectivity index (χ1v) is 9.12. The Morgan fingerprint density at radius 2 is 2.15 bits per heavy atom.